The van der Waals surface area contributed by atoms with Gasteiger partial charge in [0.2, 0.25) is 10.0 Å². The Morgan fingerprint density at radius 1 is 1.00 bits per heavy atom. The molecule has 0 saturated carbocycles. The molecule has 0 radical (unpaired) electrons. The summed E-state index contributed by atoms with van der Waals surface area (Å²) >= 11 is 0. The van der Waals surface area contributed by atoms with Gasteiger partial charge in [-0.05, 0) is 30.2 Å². The van der Waals surface area contributed by atoms with Gasteiger partial charge in [-0.15, -0.1) is 0 Å². The van der Waals surface area contributed by atoms with Gasteiger partial charge in [0.05, 0.1) is 12.4 Å². The number of aliphatic hydroxyl groups excluding tert-OH is 1. The lowest BCUT2D eigenvalue weighted by Crippen LogP contribution is -2.30. The van der Waals surface area contributed by atoms with Crippen molar-refractivity contribution in [1.29, 1.82) is 0 Å². The molecule has 6 heteroatoms. The van der Waals surface area contributed by atoms with Gasteiger partial charge in [0.1, 0.15) is 0 Å². The third-order valence-corrected chi connectivity index (χ3v) is 4.04. The van der Waals surface area contributed by atoms with Crippen molar-refractivity contribution in [3.63, 3.8) is 0 Å². The predicted molar refractivity (Wildman–Crippen MR) is 97.1 cm³/mol. The van der Waals surface area contributed by atoms with Crippen LogP contribution in [0.15, 0.2) is 54.6 Å². The van der Waals surface area contributed by atoms with Crippen molar-refractivity contribution in [1.82, 2.24) is 4.90 Å². The smallest absolute Gasteiger partial charge is 0.229 e. The molecular weight excluding hydrogens is 324 g/mol. The van der Waals surface area contributed by atoms with Crippen molar-refractivity contribution < 1.29 is 13.5 Å². The molecule has 0 spiro atoms. The first-order valence-corrected chi connectivity index (χ1v) is 9.72. The summed E-state index contributed by atoms with van der Waals surface area (Å²) in [6.07, 6.45) is 0.713. The van der Waals surface area contributed by atoms with Crippen LogP contribution in [0, 0.1) is 0 Å². The lowest BCUT2D eigenvalue weighted by Gasteiger charge is -2.24. The van der Waals surface area contributed by atoms with Crippen molar-refractivity contribution in [2.75, 3.05) is 17.5 Å². The molecule has 0 aliphatic heterocycles. The summed E-state index contributed by atoms with van der Waals surface area (Å²) in [6.45, 7) is 3.77. The van der Waals surface area contributed by atoms with Crippen LogP contribution < -0.4 is 4.72 Å². The molecule has 0 bridgehead atoms. The Balaban J connectivity index is 2.05. The fourth-order valence-corrected chi connectivity index (χ4v) is 3.11. The normalized spacial score (nSPS) is 13.0. The lowest BCUT2D eigenvalue weighted by molar-refractivity contribution is 0.118. The molecule has 1 unspecified atom stereocenters. The number of anilines is 1. The predicted octanol–water partition coefficient (Wildman–Crippen LogP) is 2.44. The summed E-state index contributed by atoms with van der Waals surface area (Å²) in [4.78, 5) is 2.17. The van der Waals surface area contributed by atoms with E-state index in [0.717, 1.165) is 18.4 Å². The second kappa shape index (κ2) is 8.28. The molecule has 0 aliphatic rings. The second-order valence-electron chi connectivity index (χ2n) is 6.08. The van der Waals surface area contributed by atoms with Gasteiger partial charge >= 0.3 is 0 Å². The Morgan fingerprint density at radius 2 is 1.54 bits per heavy atom. The lowest BCUT2D eigenvalue weighted by atomic mass is 10.1. The van der Waals surface area contributed by atoms with Crippen molar-refractivity contribution in [2.24, 2.45) is 0 Å². The largest absolute Gasteiger partial charge is 0.392 e. The Hall–Kier alpha value is -1.89. The van der Waals surface area contributed by atoms with E-state index < -0.39 is 16.1 Å². The first-order valence-electron chi connectivity index (χ1n) is 7.83. The van der Waals surface area contributed by atoms with Gasteiger partial charge in [0.15, 0.2) is 0 Å². The Bertz CT molecular complexity index is 729. The minimum atomic E-state index is -3.26. The molecule has 0 amide bonds. The quantitative estimate of drug-likeness (QED) is 0.769. The molecular formula is C18H24N2O3S. The van der Waals surface area contributed by atoms with Crippen LogP contribution in [-0.4, -0.2) is 37.3 Å². The van der Waals surface area contributed by atoms with E-state index in [4.69, 9.17) is 0 Å². The third-order valence-electron chi connectivity index (χ3n) is 3.43. The number of sulfonamides is 1. The standard InChI is InChI=1S/C18H24N2O3S/c1-15(21)12-20(13-16-6-4-3-5-7-16)14-17-8-10-18(11-9-17)19-24(2,22)23/h3-11,15,19,21H,12-14H2,1-2H3. The molecule has 0 heterocycles. The molecule has 0 saturated heterocycles. The molecule has 5 nitrogen and oxygen atoms in total. The maximum Gasteiger partial charge on any atom is 0.229 e. The molecule has 2 N–H and O–H groups in total. The number of nitrogens with one attached hydrogen (secondary N) is 1. The van der Waals surface area contributed by atoms with Gasteiger partial charge < -0.3 is 5.11 Å². The van der Waals surface area contributed by atoms with Crippen molar-refractivity contribution in [2.45, 2.75) is 26.1 Å². The van der Waals surface area contributed by atoms with E-state index in [1.54, 1.807) is 19.1 Å². The molecule has 2 aromatic rings. The van der Waals surface area contributed by atoms with E-state index in [-0.39, 0.29) is 0 Å². The second-order valence-corrected chi connectivity index (χ2v) is 7.82. The number of aliphatic hydroxyl groups is 1. The Morgan fingerprint density at radius 3 is 2.04 bits per heavy atom. The summed E-state index contributed by atoms with van der Waals surface area (Å²) in [7, 11) is -3.26. The highest BCUT2D eigenvalue weighted by atomic mass is 32.2. The molecule has 0 fully saturated rings. The summed E-state index contributed by atoms with van der Waals surface area (Å²) in [6, 6.07) is 17.4. The van der Waals surface area contributed by atoms with Gasteiger partial charge in [-0.25, -0.2) is 8.42 Å². The van der Waals surface area contributed by atoms with Crippen LogP contribution in [0.3, 0.4) is 0 Å². The van der Waals surface area contributed by atoms with Gasteiger partial charge in [-0.2, -0.15) is 0 Å². The van der Waals surface area contributed by atoms with Crippen LogP contribution in [0.2, 0.25) is 0 Å². The van der Waals surface area contributed by atoms with Crippen LogP contribution >= 0.6 is 0 Å². The zero-order chi connectivity index (χ0) is 17.6. The van der Waals surface area contributed by atoms with Crippen LogP contribution in [0.25, 0.3) is 0 Å². The van der Waals surface area contributed by atoms with Gasteiger partial charge in [-0.3, -0.25) is 9.62 Å². The molecule has 130 valence electrons. The molecule has 1 atom stereocenters. The van der Waals surface area contributed by atoms with E-state index in [1.807, 2.05) is 30.3 Å². The highest BCUT2D eigenvalue weighted by molar-refractivity contribution is 7.92. The topological polar surface area (TPSA) is 69.6 Å². The molecule has 2 rings (SSSR count). The summed E-state index contributed by atoms with van der Waals surface area (Å²) < 4.78 is 24.9. The zero-order valence-corrected chi connectivity index (χ0v) is 14.8. The SMILES string of the molecule is CC(O)CN(Cc1ccccc1)Cc1ccc(NS(C)(=O)=O)cc1. The van der Waals surface area contributed by atoms with Crippen molar-refractivity contribution in [3.8, 4) is 0 Å². The van der Waals surface area contributed by atoms with Crippen LogP contribution in [-0.2, 0) is 23.1 Å². The summed E-state index contributed by atoms with van der Waals surface area (Å²) in [5.74, 6) is 0. The van der Waals surface area contributed by atoms with Crippen LogP contribution in [0.1, 0.15) is 18.1 Å². The molecule has 0 aromatic heterocycles. The average molecular weight is 348 g/mol. The average Bonchev–Trinajstić information content (AvgIpc) is 2.48. The molecule has 2 aromatic carbocycles. The van der Waals surface area contributed by atoms with Crippen LogP contribution in [0.4, 0.5) is 5.69 Å². The first kappa shape index (κ1) is 18.4. The monoisotopic (exact) mass is 348 g/mol. The van der Waals surface area contributed by atoms with Gasteiger partial charge in [0.25, 0.3) is 0 Å². The number of benzene rings is 2. The van der Waals surface area contributed by atoms with E-state index in [9.17, 15) is 13.5 Å². The fraction of sp³-hybridized carbons (Fsp3) is 0.333. The van der Waals surface area contributed by atoms with E-state index in [1.165, 1.54) is 5.56 Å². The minimum Gasteiger partial charge on any atom is -0.392 e. The highest BCUT2D eigenvalue weighted by Crippen LogP contribution is 2.14. The Labute approximate surface area is 144 Å². The first-order chi connectivity index (χ1) is 11.3. The molecule has 24 heavy (non-hydrogen) atoms. The number of hydrogen-bond donors (Lipinski definition) is 2. The number of rotatable bonds is 8. The summed E-state index contributed by atoms with van der Waals surface area (Å²) in [5.41, 5.74) is 2.80. The third kappa shape index (κ3) is 6.70. The summed E-state index contributed by atoms with van der Waals surface area (Å²) in [5, 5.41) is 9.73. The maximum absolute atomic E-state index is 11.2. The minimum absolute atomic E-state index is 0.417. The van der Waals surface area contributed by atoms with E-state index in [0.29, 0.717) is 18.8 Å². The number of nitrogens with zero attached hydrogens (tertiary/aromatic N) is 1. The van der Waals surface area contributed by atoms with Crippen LogP contribution in [0.5, 0.6) is 0 Å². The maximum atomic E-state index is 11.2. The van der Waals surface area contributed by atoms with Crippen molar-refractivity contribution >= 4 is 15.7 Å². The van der Waals surface area contributed by atoms with Gasteiger partial charge in [-0.1, -0.05) is 42.5 Å². The van der Waals surface area contributed by atoms with Gasteiger partial charge in [0, 0.05) is 25.3 Å². The van der Waals surface area contributed by atoms with E-state index >= 15 is 0 Å². The Kier molecular flexibility index (Phi) is 6.36. The number of hydrogen-bond acceptors (Lipinski definition) is 4. The highest BCUT2D eigenvalue weighted by Gasteiger charge is 2.10. The van der Waals surface area contributed by atoms with E-state index in [2.05, 4.69) is 21.8 Å². The molecule has 0 aliphatic carbocycles. The fourth-order valence-electron chi connectivity index (χ4n) is 2.55. The zero-order valence-electron chi connectivity index (χ0n) is 14.0. The van der Waals surface area contributed by atoms with Crippen molar-refractivity contribution in [3.05, 3.63) is 65.7 Å².